The van der Waals surface area contributed by atoms with Crippen molar-refractivity contribution in [3.8, 4) is 0 Å². The Morgan fingerprint density at radius 3 is 3.00 bits per heavy atom. The van der Waals surface area contributed by atoms with Gasteiger partial charge in [0.25, 0.3) is 0 Å². The highest BCUT2D eigenvalue weighted by Crippen LogP contribution is 2.02. The fourth-order valence-electron chi connectivity index (χ4n) is 0.528. The third-order valence-corrected chi connectivity index (χ3v) is 0.975. The van der Waals surface area contributed by atoms with Gasteiger partial charge in [-0.2, -0.15) is 0 Å². The van der Waals surface area contributed by atoms with Crippen LogP contribution in [0.25, 0.3) is 0 Å². The van der Waals surface area contributed by atoms with Gasteiger partial charge in [0.15, 0.2) is 0 Å². The summed E-state index contributed by atoms with van der Waals surface area (Å²) in [6.07, 6.45) is 4.62. The van der Waals surface area contributed by atoms with Gasteiger partial charge < -0.3 is 4.74 Å². The van der Waals surface area contributed by atoms with Crippen LogP contribution in [0.1, 0.15) is 0 Å². The number of nitrogens with zero attached hydrogens (tertiary/aromatic N) is 1. The predicted octanol–water partition coefficient (Wildman–Crippen LogP) is 0.175. The molecular formula is C6H6NO2. The molecule has 0 aromatic carbocycles. The Morgan fingerprint density at radius 1 is 1.78 bits per heavy atom. The van der Waals surface area contributed by atoms with E-state index >= 15 is 0 Å². The summed E-state index contributed by atoms with van der Waals surface area (Å²) in [5, 5.41) is 3.69. The Hall–Kier alpha value is -1.25. The highest BCUT2D eigenvalue weighted by molar-refractivity contribution is 5.91. The molecule has 3 heteroatoms. The highest BCUT2D eigenvalue weighted by Gasteiger charge is 2.07. The van der Waals surface area contributed by atoms with E-state index in [1.54, 1.807) is 12.3 Å². The van der Waals surface area contributed by atoms with Gasteiger partial charge in [0, 0.05) is 12.4 Å². The van der Waals surface area contributed by atoms with Crippen molar-refractivity contribution in [2.75, 3.05) is 7.11 Å². The predicted molar refractivity (Wildman–Crippen MR) is 31.4 cm³/mol. The SMILES string of the molecule is COC(=O)C1=C[N]C=C1. The molecule has 9 heavy (non-hydrogen) atoms. The molecule has 0 fully saturated rings. The monoisotopic (exact) mass is 124 g/mol. The van der Waals surface area contributed by atoms with Crippen LogP contribution >= 0.6 is 0 Å². The molecule has 1 rings (SSSR count). The lowest BCUT2D eigenvalue weighted by molar-refractivity contribution is -0.135. The standard InChI is InChI=1S/C6H6NO2/c1-9-6(8)5-2-3-7-4-5/h2-4H,1H3. The summed E-state index contributed by atoms with van der Waals surface area (Å²) in [5.41, 5.74) is 0.498. The van der Waals surface area contributed by atoms with E-state index in [-0.39, 0.29) is 5.97 Å². The Kier molecular flexibility index (Phi) is 1.53. The maximum atomic E-state index is 10.6. The van der Waals surface area contributed by atoms with Crippen molar-refractivity contribution >= 4 is 5.97 Å². The zero-order valence-corrected chi connectivity index (χ0v) is 5.00. The van der Waals surface area contributed by atoms with Gasteiger partial charge in [0.05, 0.1) is 12.7 Å². The lowest BCUT2D eigenvalue weighted by atomic mass is 10.3. The van der Waals surface area contributed by atoms with E-state index in [1.165, 1.54) is 13.3 Å². The minimum atomic E-state index is -0.340. The number of carbonyl (C=O) groups is 1. The first-order valence-corrected chi connectivity index (χ1v) is 2.49. The largest absolute Gasteiger partial charge is 0.465 e. The van der Waals surface area contributed by atoms with Gasteiger partial charge in [-0.1, -0.05) is 0 Å². The molecule has 0 bridgehead atoms. The third-order valence-electron chi connectivity index (χ3n) is 0.975. The summed E-state index contributed by atoms with van der Waals surface area (Å²) in [5.74, 6) is -0.340. The second-order valence-corrected chi connectivity index (χ2v) is 1.54. The van der Waals surface area contributed by atoms with Crippen molar-refractivity contribution < 1.29 is 9.53 Å². The molecule has 0 saturated heterocycles. The van der Waals surface area contributed by atoms with Crippen LogP contribution in [0, 0.1) is 0 Å². The average Bonchev–Trinajstić information content (AvgIpc) is 2.37. The summed E-state index contributed by atoms with van der Waals surface area (Å²) < 4.78 is 4.42. The quantitative estimate of drug-likeness (QED) is 0.467. The molecular weight excluding hydrogens is 118 g/mol. The first-order valence-electron chi connectivity index (χ1n) is 2.49. The van der Waals surface area contributed by atoms with E-state index in [0.29, 0.717) is 5.57 Å². The molecule has 0 saturated carbocycles. The third kappa shape index (κ3) is 1.10. The van der Waals surface area contributed by atoms with Crippen molar-refractivity contribution in [2.45, 2.75) is 0 Å². The average molecular weight is 124 g/mol. The summed E-state index contributed by atoms with van der Waals surface area (Å²) in [6.45, 7) is 0. The van der Waals surface area contributed by atoms with Crippen LogP contribution in [0.4, 0.5) is 0 Å². The van der Waals surface area contributed by atoms with E-state index < -0.39 is 0 Å². The zero-order chi connectivity index (χ0) is 6.69. The molecule has 47 valence electrons. The Morgan fingerprint density at radius 2 is 2.56 bits per heavy atom. The maximum Gasteiger partial charge on any atom is 0.339 e. The molecule has 0 atom stereocenters. The molecule has 0 aliphatic carbocycles. The Balaban J connectivity index is 2.62. The van der Waals surface area contributed by atoms with Crippen LogP contribution < -0.4 is 5.32 Å². The molecule has 0 aromatic rings. The molecule has 0 amide bonds. The van der Waals surface area contributed by atoms with Crippen molar-refractivity contribution in [1.82, 2.24) is 5.32 Å². The van der Waals surface area contributed by atoms with Gasteiger partial charge in [-0.05, 0) is 6.08 Å². The molecule has 0 N–H and O–H groups in total. The number of hydrogen-bond acceptors (Lipinski definition) is 2. The van der Waals surface area contributed by atoms with Crippen LogP contribution in [-0.4, -0.2) is 13.1 Å². The number of methoxy groups -OCH3 is 1. The number of hydrogen-bond donors (Lipinski definition) is 0. The first-order chi connectivity index (χ1) is 4.34. The van der Waals surface area contributed by atoms with E-state index in [4.69, 9.17) is 0 Å². The molecule has 1 aliphatic rings. The first kappa shape index (κ1) is 5.88. The summed E-state index contributed by atoms with van der Waals surface area (Å²) in [6, 6.07) is 0. The van der Waals surface area contributed by atoms with Gasteiger partial charge in [0.2, 0.25) is 0 Å². The van der Waals surface area contributed by atoms with Gasteiger partial charge in [-0.25, -0.2) is 4.79 Å². The van der Waals surface area contributed by atoms with Crippen molar-refractivity contribution in [2.24, 2.45) is 0 Å². The van der Waals surface area contributed by atoms with Crippen LogP contribution in [0.3, 0.4) is 0 Å². The highest BCUT2D eigenvalue weighted by atomic mass is 16.5. The summed E-state index contributed by atoms with van der Waals surface area (Å²) >= 11 is 0. The number of rotatable bonds is 1. The van der Waals surface area contributed by atoms with Gasteiger partial charge in [-0.15, -0.1) is 0 Å². The summed E-state index contributed by atoms with van der Waals surface area (Å²) in [7, 11) is 1.34. The molecule has 1 aliphatic heterocycles. The number of carbonyl (C=O) groups excluding carboxylic acids is 1. The number of esters is 1. The minimum Gasteiger partial charge on any atom is -0.465 e. The van der Waals surface area contributed by atoms with Crippen molar-refractivity contribution in [1.29, 1.82) is 0 Å². The van der Waals surface area contributed by atoms with Crippen LogP contribution in [0.15, 0.2) is 24.0 Å². The number of ether oxygens (including phenoxy) is 1. The molecule has 1 radical (unpaired) electrons. The maximum absolute atomic E-state index is 10.6. The fraction of sp³-hybridized carbons (Fsp3) is 0.167. The van der Waals surface area contributed by atoms with Gasteiger partial charge >= 0.3 is 5.97 Å². The normalized spacial score (nSPS) is 14.6. The zero-order valence-electron chi connectivity index (χ0n) is 5.00. The van der Waals surface area contributed by atoms with E-state index in [2.05, 4.69) is 10.1 Å². The molecule has 1 heterocycles. The molecule has 0 aromatic heterocycles. The van der Waals surface area contributed by atoms with Gasteiger partial charge in [-0.3, -0.25) is 5.32 Å². The lowest BCUT2D eigenvalue weighted by Gasteiger charge is -1.92. The van der Waals surface area contributed by atoms with E-state index in [0.717, 1.165) is 0 Å². The van der Waals surface area contributed by atoms with Crippen LogP contribution in [0.2, 0.25) is 0 Å². The topological polar surface area (TPSA) is 40.4 Å². The van der Waals surface area contributed by atoms with Crippen LogP contribution in [0.5, 0.6) is 0 Å². The minimum absolute atomic E-state index is 0.340. The van der Waals surface area contributed by atoms with Gasteiger partial charge in [0.1, 0.15) is 0 Å². The Labute approximate surface area is 53.0 Å². The molecule has 0 spiro atoms. The second kappa shape index (κ2) is 2.35. The van der Waals surface area contributed by atoms with E-state index in [1.807, 2.05) is 0 Å². The van der Waals surface area contributed by atoms with Crippen molar-refractivity contribution in [3.05, 3.63) is 24.0 Å². The fourth-order valence-corrected chi connectivity index (χ4v) is 0.528. The smallest absolute Gasteiger partial charge is 0.339 e. The molecule has 0 unspecified atom stereocenters. The lowest BCUT2D eigenvalue weighted by Crippen LogP contribution is -2.00. The van der Waals surface area contributed by atoms with Crippen LogP contribution in [-0.2, 0) is 9.53 Å². The Bertz CT molecular complexity index is 181. The van der Waals surface area contributed by atoms with E-state index in [9.17, 15) is 4.79 Å². The van der Waals surface area contributed by atoms with Crippen molar-refractivity contribution in [3.63, 3.8) is 0 Å². The summed E-state index contributed by atoms with van der Waals surface area (Å²) in [4.78, 5) is 10.6. The second-order valence-electron chi connectivity index (χ2n) is 1.54. The molecule has 3 nitrogen and oxygen atoms in total.